The molecule has 1 aromatic carbocycles. The van der Waals surface area contributed by atoms with Crippen molar-refractivity contribution in [3.8, 4) is 0 Å². The molecule has 1 aromatic rings. The second-order valence-electron chi connectivity index (χ2n) is 5.48. The quantitative estimate of drug-likeness (QED) is 0.832. The monoisotopic (exact) mass is 292 g/mol. The highest BCUT2D eigenvalue weighted by atomic mass is 16.5. The van der Waals surface area contributed by atoms with Crippen molar-refractivity contribution in [3.63, 3.8) is 0 Å². The first-order valence-corrected chi connectivity index (χ1v) is 7.48. The van der Waals surface area contributed by atoms with E-state index in [4.69, 9.17) is 9.84 Å². The molecule has 0 radical (unpaired) electrons. The summed E-state index contributed by atoms with van der Waals surface area (Å²) in [5.74, 6) is 0.0218. The number of hydrogen-bond donors (Lipinski definition) is 2. The summed E-state index contributed by atoms with van der Waals surface area (Å²) in [6.07, 6.45) is 2.05. The molecule has 1 amide bonds. The van der Waals surface area contributed by atoms with E-state index in [1.807, 2.05) is 31.2 Å². The predicted octanol–water partition coefficient (Wildman–Crippen LogP) is 1.41. The van der Waals surface area contributed by atoms with Crippen molar-refractivity contribution in [1.82, 2.24) is 4.90 Å². The number of nitrogens with one attached hydrogen (secondary N) is 1. The first-order chi connectivity index (χ1) is 10.2. The van der Waals surface area contributed by atoms with Gasteiger partial charge in [0, 0.05) is 18.8 Å². The van der Waals surface area contributed by atoms with Crippen LogP contribution in [0, 0.1) is 6.92 Å². The van der Waals surface area contributed by atoms with Crippen molar-refractivity contribution in [2.45, 2.75) is 25.9 Å². The van der Waals surface area contributed by atoms with Crippen LogP contribution in [0.1, 0.15) is 18.4 Å². The molecule has 0 aliphatic carbocycles. The normalized spacial score (nSPS) is 16.9. The lowest BCUT2D eigenvalue weighted by atomic mass is 10.1. The molecule has 0 bridgehead atoms. The Bertz CT molecular complexity index is 439. The highest BCUT2D eigenvalue weighted by molar-refractivity contribution is 5.92. The molecule has 0 atom stereocenters. The number of nitrogens with zero attached hydrogens (tertiary/aromatic N) is 1. The predicted molar refractivity (Wildman–Crippen MR) is 82.3 cm³/mol. The van der Waals surface area contributed by atoms with Crippen molar-refractivity contribution >= 4 is 11.6 Å². The average Bonchev–Trinajstić information content (AvgIpc) is 2.49. The SMILES string of the molecule is Cc1ccc(NC(=O)CN2CCC(OCCO)CC2)cc1. The maximum Gasteiger partial charge on any atom is 0.238 e. The first-order valence-electron chi connectivity index (χ1n) is 7.48. The fourth-order valence-electron chi connectivity index (χ4n) is 2.49. The van der Waals surface area contributed by atoms with Crippen molar-refractivity contribution in [3.05, 3.63) is 29.8 Å². The van der Waals surface area contributed by atoms with Crippen LogP contribution >= 0.6 is 0 Å². The third kappa shape index (κ3) is 5.46. The largest absolute Gasteiger partial charge is 0.394 e. The summed E-state index contributed by atoms with van der Waals surface area (Å²) < 4.78 is 5.52. The average molecular weight is 292 g/mol. The molecule has 116 valence electrons. The van der Waals surface area contributed by atoms with Crippen molar-refractivity contribution in [1.29, 1.82) is 0 Å². The van der Waals surface area contributed by atoms with Gasteiger partial charge in [0.05, 0.1) is 25.9 Å². The van der Waals surface area contributed by atoms with Gasteiger partial charge in [-0.3, -0.25) is 9.69 Å². The molecule has 0 spiro atoms. The van der Waals surface area contributed by atoms with Crippen molar-refractivity contribution in [2.24, 2.45) is 0 Å². The first kappa shape index (κ1) is 15.9. The maximum atomic E-state index is 12.0. The van der Waals surface area contributed by atoms with Gasteiger partial charge in [0.25, 0.3) is 0 Å². The molecule has 5 nitrogen and oxygen atoms in total. The lowest BCUT2D eigenvalue weighted by Crippen LogP contribution is -2.41. The number of carbonyl (C=O) groups excluding carboxylic acids is 1. The molecule has 5 heteroatoms. The van der Waals surface area contributed by atoms with Gasteiger partial charge in [-0.25, -0.2) is 0 Å². The zero-order valence-electron chi connectivity index (χ0n) is 12.5. The van der Waals surface area contributed by atoms with Crippen LogP contribution in [0.5, 0.6) is 0 Å². The van der Waals surface area contributed by atoms with Crippen LogP contribution in [0.2, 0.25) is 0 Å². The van der Waals surface area contributed by atoms with E-state index in [1.165, 1.54) is 5.56 Å². The number of likely N-dealkylation sites (tertiary alicyclic amines) is 1. The molecule has 1 saturated heterocycles. The second-order valence-corrected chi connectivity index (χ2v) is 5.48. The summed E-state index contributed by atoms with van der Waals surface area (Å²) >= 11 is 0. The molecule has 0 saturated carbocycles. The molecule has 2 rings (SSSR count). The minimum atomic E-state index is 0.0218. The molecule has 1 aliphatic rings. The molecule has 1 heterocycles. The number of aliphatic hydroxyl groups excluding tert-OH is 1. The van der Waals surface area contributed by atoms with Gasteiger partial charge >= 0.3 is 0 Å². The molecule has 2 N–H and O–H groups in total. The zero-order chi connectivity index (χ0) is 15.1. The number of benzene rings is 1. The van der Waals surface area contributed by atoms with Crippen molar-refractivity contribution < 1.29 is 14.6 Å². The molecule has 1 aliphatic heterocycles. The Morgan fingerprint density at radius 1 is 1.33 bits per heavy atom. The van der Waals surface area contributed by atoms with Crippen LogP contribution in [-0.4, -0.2) is 54.9 Å². The summed E-state index contributed by atoms with van der Waals surface area (Å²) in [6.45, 7) is 4.63. The molecule has 0 unspecified atom stereocenters. The lowest BCUT2D eigenvalue weighted by molar-refractivity contribution is -0.118. The third-order valence-electron chi connectivity index (χ3n) is 3.68. The molecular formula is C16H24N2O3. The number of anilines is 1. The number of amides is 1. The van der Waals surface area contributed by atoms with Crippen LogP contribution < -0.4 is 5.32 Å². The fourth-order valence-corrected chi connectivity index (χ4v) is 2.49. The van der Waals surface area contributed by atoms with E-state index in [-0.39, 0.29) is 18.6 Å². The van der Waals surface area contributed by atoms with Crippen LogP contribution in [0.4, 0.5) is 5.69 Å². The minimum absolute atomic E-state index is 0.0218. The van der Waals surface area contributed by atoms with E-state index >= 15 is 0 Å². The Kier molecular flexibility index (Phi) is 6.17. The minimum Gasteiger partial charge on any atom is -0.394 e. The number of piperidine rings is 1. The second kappa shape index (κ2) is 8.12. The van der Waals surface area contributed by atoms with Gasteiger partial charge in [-0.05, 0) is 31.9 Å². The molecular weight excluding hydrogens is 268 g/mol. The van der Waals surface area contributed by atoms with Gasteiger partial charge in [0.1, 0.15) is 0 Å². The number of hydrogen-bond acceptors (Lipinski definition) is 4. The van der Waals surface area contributed by atoms with Gasteiger partial charge < -0.3 is 15.2 Å². The van der Waals surface area contributed by atoms with E-state index in [1.54, 1.807) is 0 Å². The summed E-state index contributed by atoms with van der Waals surface area (Å²) in [7, 11) is 0. The summed E-state index contributed by atoms with van der Waals surface area (Å²) in [4.78, 5) is 14.1. The standard InChI is InChI=1S/C16H24N2O3/c1-13-2-4-14(5-3-13)17-16(20)12-18-8-6-15(7-9-18)21-11-10-19/h2-5,15,19H,6-12H2,1H3,(H,17,20). The highest BCUT2D eigenvalue weighted by Gasteiger charge is 2.21. The lowest BCUT2D eigenvalue weighted by Gasteiger charge is -2.31. The van der Waals surface area contributed by atoms with E-state index < -0.39 is 0 Å². The van der Waals surface area contributed by atoms with E-state index in [2.05, 4.69) is 10.2 Å². The molecule has 0 aromatic heterocycles. The Morgan fingerprint density at radius 2 is 2.00 bits per heavy atom. The van der Waals surface area contributed by atoms with Crippen LogP contribution in [0.3, 0.4) is 0 Å². The summed E-state index contributed by atoms with van der Waals surface area (Å²) in [5.41, 5.74) is 2.02. The van der Waals surface area contributed by atoms with Gasteiger partial charge in [0.2, 0.25) is 5.91 Å². The smallest absolute Gasteiger partial charge is 0.238 e. The summed E-state index contributed by atoms with van der Waals surface area (Å²) in [6, 6.07) is 7.81. The van der Waals surface area contributed by atoms with Crippen LogP contribution in [0.15, 0.2) is 24.3 Å². The Morgan fingerprint density at radius 3 is 2.62 bits per heavy atom. The maximum absolute atomic E-state index is 12.0. The molecule has 1 fully saturated rings. The number of aryl methyl sites for hydroxylation is 1. The number of aliphatic hydroxyl groups is 1. The van der Waals surface area contributed by atoms with E-state index in [9.17, 15) is 4.79 Å². The number of ether oxygens (including phenoxy) is 1. The fraction of sp³-hybridized carbons (Fsp3) is 0.562. The Labute approximate surface area is 125 Å². The molecule has 21 heavy (non-hydrogen) atoms. The Hall–Kier alpha value is -1.43. The van der Waals surface area contributed by atoms with Gasteiger partial charge in [-0.15, -0.1) is 0 Å². The Balaban J connectivity index is 1.70. The van der Waals surface area contributed by atoms with Crippen molar-refractivity contribution in [2.75, 3.05) is 38.2 Å². The van der Waals surface area contributed by atoms with E-state index in [0.29, 0.717) is 13.2 Å². The number of carbonyl (C=O) groups is 1. The summed E-state index contributed by atoms with van der Waals surface area (Å²) in [5, 5.41) is 11.7. The zero-order valence-corrected chi connectivity index (χ0v) is 12.5. The third-order valence-corrected chi connectivity index (χ3v) is 3.68. The van der Waals surface area contributed by atoms with Gasteiger partial charge in [-0.1, -0.05) is 17.7 Å². The van der Waals surface area contributed by atoms with E-state index in [0.717, 1.165) is 31.6 Å². The van der Waals surface area contributed by atoms with Gasteiger partial charge in [0.15, 0.2) is 0 Å². The van der Waals surface area contributed by atoms with Crippen LogP contribution in [-0.2, 0) is 9.53 Å². The highest BCUT2D eigenvalue weighted by Crippen LogP contribution is 2.14. The van der Waals surface area contributed by atoms with Gasteiger partial charge in [-0.2, -0.15) is 0 Å². The number of rotatable bonds is 6. The van der Waals surface area contributed by atoms with Crippen LogP contribution in [0.25, 0.3) is 0 Å². The topological polar surface area (TPSA) is 61.8 Å².